The summed E-state index contributed by atoms with van der Waals surface area (Å²) in [6.45, 7) is 6.85. The molecule has 10 heteroatoms. The van der Waals surface area contributed by atoms with Crippen molar-refractivity contribution >= 4 is 17.5 Å². The molecule has 0 amide bonds. The molecule has 0 radical (unpaired) electrons. The molecular formula is C31H34F3N7. The summed E-state index contributed by atoms with van der Waals surface area (Å²) in [5.41, 5.74) is 2.30. The van der Waals surface area contributed by atoms with Gasteiger partial charge >= 0.3 is 6.18 Å². The van der Waals surface area contributed by atoms with Crippen LogP contribution in [0, 0.1) is 0 Å². The molecule has 4 heterocycles. The molecule has 7 nitrogen and oxygen atoms in total. The van der Waals surface area contributed by atoms with Crippen LogP contribution in [0.3, 0.4) is 0 Å². The molecule has 3 aromatic heterocycles. The smallest absolute Gasteiger partial charge is 0.332 e. The Morgan fingerprint density at radius 3 is 2.34 bits per heavy atom. The highest BCUT2D eigenvalue weighted by Crippen LogP contribution is 2.31. The Morgan fingerprint density at radius 2 is 1.68 bits per heavy atom. The normalized spacial score (nSPS) is 14.8. The molecule has 1 saturated heterocycles. The van der Waals surface area contributed by atoms with Crippen molar-refractivity contribution < 1.29 is 13.2 Å². The second kappa shape index (κ2) is 12.2. The predicted octanol–water partition coefficient (Wildman–Crippen LogP) is 6.60. The summed E-state index contributed by atoms with van der Waals surface area (Å²) in [6.07, 6.45) is 2.71. The minimum Gasteiger partial charge on any atom is -0.332 e. The predicted molar refractivity (Wildman–Crippen MR) is 155 cm³/mol. The van der Waals surface area contributed by atoms with Crippen LogP contribution < -0.4 is 9.80 Å². The zero-order valence-corrected chi connectivity index (χ0v) is 23.5. The van der Waals surface area contributed by atoms with Crippen molar-refractivity contribution in [3.8, 4) is 11.3 Å². The molecule has 214 valence electrons. The third-order valence-corrected chi connectivity index (χ3v) is 7.58. The molecule has 0 saturated carbocycles. The zero-order chi connectivity index (χ0) is 29.0. The minimum atomic E-state index is -4.39. The number of nitrogens with zero attached hydrogens (tertiary/aromatic N) is 7. The largest absolute Gasteiger partial charge is 0.416 e. The first kappa shape index (κ1) is 28.5. The van der Waals surface area contributed by atoms with Gasteiger partial charge in [0, 0.05) is 50.2 Å². The van der Waals surface area contributed by atoms with E-state index < -0.39 is 11.7 Å². The van der Waals surface area contributed by atoms with E-state index in [2.05, 4.69) is 33.6 Å². The zero-order valence-electron chi connectivity index (χ0n) is 23.5. The van der Waals surface area contributed by atoms with Crippen molar-refractivity contribution in [2.75, 3.05) is 29.9 Å². The number of anilines is 3. The van der Waals surface area contributed by atoms with Crippen LogP contribution in [0.15, 0.2) is 79.3 Å². The first-order chi connectivity index (χ1) is 19.7. The lowest BCUT2D eigenvalue weighted by atomic mass is 10.0. The molecule has 5 rings (SSSR count). The number of hydrogen-bond acceptors (Lipinski definition) is 7. The molecule has 41 heavy (non-hydrogen) atoms. The monoisotopic (exact) mass is 561 g/mol. The van der Waals surface area contributed by atoms with Gasteiger partial charge in [-0.1, -0.05) is 18.2 Å². The molecule has 0 N–H and O–H groups in total. The highest BCUT2D eigenvalue weighted by Gasteiger charge is 2.30. The van der Waals surface area contributed by atoms with E-state index >= 15 is 0 Å². The number of piperidine rings is 1. The molecule has 0 spiro atoms. The van der Waals surface area contributed by atoms with E-state index in [1.165, 1.54) is 12.1 Å². The Bertz CT molecular complexity index is 1420. The summed E-state index contributed by atoms with van der Waals surface area (Å²) in [7, 11) is 1.96. The summed E-state index contributed by atoms with van der Waals surface area (Å²) in [6, 6.07) is 17.3. The Hall–Kier alpha value is -4.05. The maximum absolute atomic E-state index is 13.1. The molecule has 1 aliphatic rings. The van der Waals surface area contributed by atoms with Crippen molar-refractivity contribution in [2.24, 2.45) is 0 Å². The van der Waals surface area contributed by atoms with Crippen molar-refractivity contribution in [3.63, 3.8) is 0 Å². The van der Waals surface area contributed by atoms with Crippen LogP contribution in [-0.2, 0) is 12.7 Å². The van der Waals surface area contributed by atoms with Crippen LogP contribution in [0.1, 0.15) is 37.9 Å². The Kier molecular flexibility index (Phi) is 8.49. The van der Waals surface area contributed by atoms with Crippen LogP contribution in [-0.4, -0.2) is 57.1 Å². The van der Waals surface area contributed by atoms with E-state index in [1.54, 1.807) is 24.7 Å². The summed E-state index contributed by atoms with van der Waals surface area (Å²) < 4.78 is 39.3. The number of halogens is 3. The molecule has 4 aromatic rings. The number of pyridine rings is 2. The van der Waals surface area contributed by atoms with Gasteiger partial charge in [0.05, 0.1) is 35.4 Å². The molecule has 0 bridgehead atoms. The number of benzene rings is 1. The van der Waals surface area contributed by atoms with Crippen molar-refractivity contribution in [1.82, 2.24) is 24.8 Å². The molecule has 0 unspecified atom stereocenters. The molecular weight excluding hydrogens is 527 g/mol. The maximum Gasteiger partial charge on any atom is 0.416 e. The van der Waals surface area contributed by atoms with Gasteiger partial charge in [0.15, 0.2) is 0 Å². The fraction of sp³-hybridized carbons (Fsp3) is 0.355. The van der Waals surface area contributed by atoms with Crippen molar-refractivity contribution in [1.29, 1.82) is 0 Å². The quantitative estimate of drug-likeness (QED) is 0.240. The van der Waals surface area contributed by atoms with Crippen LogP contribution in [0.5, 0.6) is 0 Å². The first-order valence-electron chi connectivity index (χ1n) is 13.8. The number of hydrogen-bond donors (Lipinski definition) is 0. The van der Waals surface area contributed by atoms with E-state index in [4.69, 9.17) is 9.97 Å². The fourth-order valence-electron chi connectivity index (χ4n) is 5.16. The van der Waals surface area contributed by atoms with Crippen LogP contribution in [0.25, 0.3) is 11.3 Å². The lowest BCUT2D eigenvalue weighted by molar-refractivity contribution is -0.137. The lowest BCUT2D eigenvalue weighted by Gasteiger charge is -2.40. The first-order valence-corrected chi connectivity index (χ1v) is 13.8. The number of alkyl halides is 3. The van der Waals surface area contributed by atoms with Crippen LogP contribution in [0.2, 0.25) is 0 Å². The highest BCUT2D eigenvalue weighted by molar-refractivity contribution is 5.61. The summed E-state index contributed by atoms with van der Waals surface area (Å²) in [4.78, 5) is 25.3. The number of rotatable bonds is 8. The van der Waals surface area contributed by atoms with Gasteiger partial charge in [-0.3, -0.25) is 4.98 Å². The molecule has 0 atom stereocenters. The summed E-state index contributed by atoms with van der Waals surface area (Å²) in [5.74, 6) is 1.34. The van der Waals surface area contributed by atoms with Gasteiger partial charge in [-0.2, -0.15) is 13.2 Å². The average molecular weight is 562 g/mol. The van der Waals surface area contributed by atoms with Gasteiger partial charge < -0.3 is 14.7 Å². The SMILES string of the molecule is CC(C)N1CCC(N(Cc2cccc(N(C)c3cccnc3)n2)c2nccc(-c3ccc(C(F)(F)F)cc3)n2)CC1. The van der Waals surface area contributed by atoms with Gasteiger partial charge in [-0.05, 0) is 69.2 Å². The Balaban J connectivity index is 1.44. The van der Waals surface area contributed by atoms with E-state index in [9.17, 15) is 13.2 Å². The van der Waals surface area contributed by atoms with E-state index in [1.807, 2.05) is 42.3 Å². The second-order valence-corrected chi connectivity index (χ2v) is 10.6. The maximum atomic E-state index is 13.1. The standard InChI is InChI=1S/C31H34F3N7/c1-22(2)40-18-14-26(15-19-40)41(21-25-6-4-8-29(37-25)39(3)27-7-5-16-35-20-27)30-36-17-13-28(38-30)23-9-11-24(12-10-23)31(32,33)34/h4-13,16-17,20,22,26H,14-15,18-19,21H2,1-3H3. The van der Waals surface area contributed by atoms with Crippen LogP contribution >= 0.6 is 0 Å². The number of likely N-dealkylation sites (tertiary alicyclic amines) is 1. The summed E-state index contributed by atoms with van der Waals surface area (Å²) in [5, 5.41) is 0. The van der Waals surface area contributed by atoms with Crippen molar-refractivity contribution in [3.05, 3.63) is 90.5 Å². The molecule has 1 aliphatic heterocycles. The van der Waals surface area contributed by atoms with E-state index in [0.29, 0.717) is 29.8 Å². The molecule has 1 fully saturated rings. The van der Waals surface area contributed by atoms with E-state index in [-0.39, 0.29) is 6.04 Å². The van der Waals surface area contributed by atoms with Gasteiger partial charge in [0.1, 0.15) is 5.82 Å². The highest BCUT2D eigenvalue weighted by atomic mass is 19.4. The minimum absolute atomic E-state index is 0.189. The van der Waals surface area contributed by atoms with E-state index in [0.717, 1.165) is 55.3 Å². The Labute approximate surface area is 238 Å². The summed E-state index contributed by atoms with van der Waals surface area (Å²) >= 11 is 0. The van der Waals surface area contributed by atoms with Gasteiger partial charge in [0.25, 0.3) is 0 Å². The average Bonchev–Trinajstić information content (AvgIpc) is 3.00. The number of aromatic nitrogens is 4. The van der Waals surface area contributed by atoms with Gasteiger partial charge in [-0.25, -0.2) is 15.0 Å². The van der Waals surface area contributed by atoms with Gasteiger partial charge in [0.2, 0.25) is 5.95 Å². The lowest BCUT2D eigenvalue weighted by Crippen LogP contribution is -2.47. The third kappa shape index (κ3) is 6.82. The van der Waals surface area contributed by atoms with Crippen LogP contribution in [0.4, 0.5) is 30.6 Å². The fourth-order valence-corrected chi connectivity index (χ4v) is 5.16. The van der Waals surface area contributed by atoms with Gasteiger partial charge in [-0.15, -0.1) is 0 Å². The Morgan fingerprint density at radius 1 is 0.927 bits per heavy atom. The molecule has 1 aromatic carbocycles. The topological polar surface area (TPSA) is 61.3 Å². The third-order valence-electron chi connectivity index (χ3n) is 7.58. The molecule has 0 aliphatic carbocycles. The second-order valence-electron chi connectivity index (χ2n) is 10.6. The van der Waals surface area contributed by atoms with Crippen molar-refractivity contribution in [2.45, 2.75) is 51.5 Å².